The van der Waals surface area contributed by atoms with Crippen LogP contribution in [0.15, 0.2) is 24.7 Å². The van der Waals surface area contributed by atoms with Crippen molar-refractivity contribution in [2.24, 2.45) is 13.0 Å². The maximum Gasteiger partial charge on any atom is 0.248 e. The number of hydrogen-bond acceptors (Lipinski definition) is 5. The summed E-state index contributed by atoms with van der Waals surface area (Å²) in [7, 11) is 3.43. The van der Waals surface area contributed by atoms with Gasteiger partial charge in [0.1, 0.15) is 12.3 Å². The number of likely N-dealkylation sites (tertiary alicyclic amines) is 1. The van der Waals surface area contributed by atoms with Crippen molar-refractivity contribution in [3.63, 3.8) is 0 Å². The molecule has 1 saturated heterocycles. The van der Waals surface area contributed by atoms with Gasteiger partial charge in [-0.2, -0.15) is 5.10 Å². The summed E-state index contributed by atoms with van der Waals surface area (Å²) in [5.41, 5.74) is 2.72. The number of nitrogens with zero attached hydrogens (tertiary/aromatic N) is 5. The van der Waals surface area contributed by atoms with Crippen LogP contribution in [-0.4, -0.2) is 57.4 Å². The molecular formula is C16H21N5O2. The van der Waals surface area contributed by atoms with E-state index in [1.165, 1.54) is 0 Å². The molecule has 0 spiro atoms. The second kappa shape index (κ2) is 6.87. The lowest BCUT2D eigenvalue weighted by Gasteiger charge is -2.15. The molecule has 2 aromatic rings. The Labute approximate surface area is 135 Å². The van der Waals surface area contributed by atoms with E-state index in [2.05, 4.69) is 15.1 Å². The quantitative estimate of drug-likeness (QED) is 0.820. The minimum Gasteiger partial charge on any atom is -0.375 e. The van der Waals surface area contributed by atoms with Gasteiger partial charge in [-0.25, -0.2) is 0 Å². The van der Waals surface area contributed by atoms with Gasteiger partial charge in [-0.1, -0.05) is 0 Å². The van der Waals surface area contributed by atoms with Crippen LogP contribution in [0.25, 0.3) is 11.4 Å². The minimum atomic E-state index is 0.0626. The van der Waals surface area contributed by atoms with Gasteiger partial charge in [0, 0.05) is 39.6 Å². The molecule has 0 bridgehead atoms. The second-order valence-corrected chi connectivity index (χ2v) is 5.86. The predicted molar refractivity (Wildman–Crippen MR) is 84.5 cm³/mol. The summed E-state index contributed by atoms with van der Waals surface area (Å²) in [5.74, 6) is 0.500. The lowest BCUT2D eigenvalue weighted by atomic mass is 10.0. The van der Waals surface area contributed by atoms with Gasteiger partial charge in [-0.15, -0.1) is 0 Å². The molecule has 1 atom stereocenters. The van der Waals surface area contributed by atoms with Crippen molar-refractivity contribution >= 4 is 5.91 Å². The third-order valence-corrected chi connectivity index (χ3v) is 4.19. The first-order chi connectivity index (χ1) is 11.2. The van der Waals surface area contributed by atoms with Gasteiger partial charge in [-0.05, 0) is 24.8 Å². The number of methoxy groups -OCH3 is 1. The molecule has 1 amide bonds. The first kappa shape index (κ1) is 15.6. The maximum absolute atomic E-state index is 11.8. The Kier molecular flexibility index (Phi) is 4.66. The summed E-state index contributed by atoms with van der Waals surface area (Å²) in [6.45, 7) is 1.73. The fourth-order valence-electron chi connectivity index (χ4n) is 2.95. The van der Waals surface area contributed by atoms with Crippen LogP contribution in [0, 0.1) is 5.92 Å². The largest absolute Gasteiger partial charge is 0.375 e. The molecule has 7 heteroatoms. The molecule has 122 valence electrons. The van der Waals surface area contributed by atoms with E-state index in [0.29, 0.717) is 5.92 Å². The lowest BCUT2D eigenvalue weighted by molar-refractivity contribution is -0.134. The smallest absolute Gasteiger partial charge is 0.248 e. The highest BCUT2D eigenvalue weighted by Crippen LogP contribution is 2.21. The minimum absolute atomic E-state index is 0.0626. The third-order valence-electron chi connectivity index (χ3n) is 4.19. The molecule has 1 fully saturated rings. The monoisotopic (exact) mass is 315 g/mol. The van der Waals surface area contributed by atoms with Crippen LogP contribution >= 0.6 is 0 Å². The summed E-state index contributed by atoms with van der Waals surface area (Å²) in [5, 5.41) is 4.14. The summed E-state index contributed by atoms with van der Waals surface area (Å²) >= 11 is 0. The summed E-state index contributed by atoms with van der Waals surface area (Å²) in [6, 6.07) is 1.92. The maximum atomic E-state index is 11.8. The van der Waals surface area contributed by atoms with Gasteiger partial charge in [0.2, 0.25) is 5.91 Å². The molecule has 0 radical (unpaired) electrons. The molecule has 0 aliphatic carbocycles. The number of hydrogen-bond donors (Lipinski definition) is 0. The first-order valence-electron chi connectivity index (χ1n) is 7.73. The van der Waals surface area contributed by atoms with Crippen molar-refractivity contribution in [2.75, 3.05) is 26.8 Å². The highest BCUT2D eigenvalue weighted by atomic mass is 16.5. The average molecular weight is 315 g/mol. The number of aryl methyl sites for hydroxylation is 1. The molecule has 0 N–H and O–H groups in total. The zero-order valence-electron chi connectivity index (χ0n) is 13.5. The molecule has 2 aromatic heterocycles. The average Bonchev–Trinajstić information content (AvgIpc) is 3.18. The Balaban J connectivity index is 1.59. The molecule has 3 rings (SSSR count). The van der Waals surface area contributed by atoms with E-state index in [1.54, 1.807) is 24.2 Å². The van der Waals surface area contributed by atoms with Gasteiger partial charge in [0.05, 0.1) is 17.6 Å². The van der Waals surface area contributed by atoms with Crippen molar-refractivity contribution in [1.82, 2.24) is 24.6 Å². The predicted octanol–water partition coefficient (Wildman–Crippen LogP) is 0.914. The van der Waals surface area contributed by atoms with Crippen molar-refractivity contribution in [2.45, 2.75) is 12.8 Å². The number of aromatic nitrogens is 4. The van der Waals surface area contributed by atoms with Gasteiger partial charge in [0.15, 0.2) is 0 Å². The Morgan fingerprint density at radius 1 is 1.39 bits per heavy atom. The van der Waals surface area contributed by atoms with Crippen LogP contribution in [0.1, 0.15) is 12.1 Å². The van der Waals surface area contributed by atoms with E-state index in [-0.39, 0.29) is 12.5 Å². The zero-order valence-corrected chi connectivity index (χ0v) is 13.5. The third kappa shape index (κ3) is 3.56. The van der Waals surface area contributed by atoms with Crippen LogP contribution in [0.2, 0.25) is 0 Å². The van der Waals surface area contributed by atoms with Crippen LogP contribution in [0.3, 0.4) is 0 Å². The molecule has 7 nitrogen and oxygen atoms in total. The van der Waals surface area contributed by atoms with E-state index < -0.39 is 0 Å². The van der Waals surface area contributed by atoms with Crippen molar-refractivity contribution in [1.29, 1.82) is 0 Å². The molecular weight excluding hydrogens is 294 g/mol. The number of rotatable bonds is 5. The molecule has 3 heterocycles. The Hall–Kier alpha value is -2.28. The van der Waals surface area contributed by atoms with Crippen molar-refractivity contribution in [3.05, 3.63) is 30.4 Å². The van der Waals surface area contributed by atoms with E-state index in [1.807, 2.05) is 24.2 Å². The number of amides is 1. The molecule has 0 saturated carbocycles. The first-order valence-corrected chi connectivity index (χ1v) is 7.73. The SMILES string of the molecule is COCC(=O)N1CC[C@H](Cc2cnc(-c3ccnn3C)cn2)C1. The van der Waals surface area contributed by atoms with E-state index in [0.717, 1.165) is 43.0 Å². The van der Waals surface area contributed by atoms with Crippen LogP contribution < -0.4 is 0 Å². The Morgan fingerprint density at radius 2 is 2.26 bits per heavy atom. The summed E-state index contributed by atoms with van der Waals surface area (Å²) in [6.07, 6.45) is 7.20. The summed E-state index contributed by atoms with van der Waals surface area (Å²) < 4.78 is 6.68. The fourth-order valence-corrected chi connectivity index (χ4v) is 2.95. The van der Waals surface area contributed by atoms with Crippen molar-refractivity contribution < 1.29 is 9.53 Å². The molecule has 1 aliphatic rings. The fraction of sp³-hybridized carbons (Fsp3) is 0.500. The highest BCUT2D eigenvalue weighted by molar-refractivity contribution is 5.77. The molecule has 23 heavy (non-hydrogen) atoms. The highest BCUT2D eigenvalue weighted by Gasteiger charge is 2.26. The standard InChI is InChI=1S/C16H21N5O2/c1-20-15(3-5-19-20)14-9-17-13(8-18-14)7-12-4-6-21(10-12)16(22)11-23-2/h3,5,8-9,12H,4,6-7,10-11H2,1-2H3/t12-/m1/s1. The second-order valence-electron chi connectivity index (χ2n) is 5.86. The van der Waals surface area contributed by atoms with Crippen LogP contribution in [-0.2, 0) is 23.0 Å². The van der Waals surface area contributed by atoms with Gasteiger partial charge in [0.25, 0.3) is 0 Å². The topological polar surface area (TPSA) is 73.1 Å². The van der Waals surface area contributed by atoms with E-state index in [4.69, 9.17) is 4.74 Å². The van der Waals surface area contributed by atoms with Gasteiger partial charge < -0.3 is 9.64 Å². The van der Waals surface area contributed by atoms with Gasteiger partial charge >= 0.3 is 0 Å². The van der Waals surface area contributed by atoms with E-state index >= 15 is 0 Å². The number of carbonyl (C=O) groups is 1. The van der Waals surface area contributed by atoms with Crippen molar-refractivity contribution in [3.8, 4) is 11.4 Å². The van der Waals surface area contributed by atoms with Crippen LogP contribution in [0.5, 0.6) is 0 Å². The Bertz CT molecular complexity index is 667. The number of carbonyl (C=O) groups excluding carboxylic acids is 1. The normalized spacial score (nSPS) is 17.7. The molecule has 0 aromatic carbocycles. The molecule has 1 aliphatic heterocycles. The van der Waals surface area contributed by atoms with E-state index in [9.17, 15) is 4.79 Å². The summed E-state index contributed by atoms with van der Waals surface area (Å²) in [4.78, 5) is 22.7. The lowest BCUT2D eigenvalue weighted by Crippen LogP contribution is -2.31. The molecule has 0 unspecified atom stereocenters. The Morgan fingerprint density at radius 3 is 2.91 bits per heavy atom. The number of ether oxygens (including phenoxy) is 1. The zero-order chi connectivity index (χ0) is 16.2. The van der Waals surface area contributed by atoms with Gasteiger partial charge in [-0.3, -0.25) is 19.4 Å². The van der Waals surface area contributed by atoms with Crippen LogP contribution in [0.4, 0.5) is 0 Å².